The van der Waals surface area contributed by atoms with E-state index in [1.807, 2.05) is 18.3 Å². The van der Waals surface area contributed by atoms with Gasteiger partial charge in [-0.1, -0.05) is 165 Å². The van der Waals surface area contributed by atoms with Crippen molar-refractivity contribution in [1.29, 1.82) is 0 Å². The van der Waals surface area contributed by atoms with E-state index in [9.17, 15) is 5.11 Å². The number of fused-ring (bicyclic) bond motifs is 2. The van der Waals surface area contributed by atoms with Crippen molar-refractivity contribution in [3.63, 3.8) is 0 Å². The van der Waals surface area contributed by atoms with Gasteiger partial charge in [0.05, 0.1) is 22.3 Å². The van der Waals surface area contributed by atoms with Crippen LogP contribution in [-0.4, -0.2) is 19.6 Å². The second kappa shape index (κ2) is 15.9. The molecule has 0 saturated heterocycles. The second-order valence-corrected chi connectivity index (χ2v) is 23.6. The van der Waals surface area contributed by atoms with Gasteiger partial charge in [0.15, 0.2) is 0 Å². The van der Waals surface area contributed by atoms with Gasteiger partial charge in [-0.05, 0) is 149 Å². The van der Waals surface area contributed by atoms with Gasteiger partial charge in [0.1, 0.15) is 11.6 Å². The fraction of sp³-hybridized carbons (Fsp3) is 0.344. The topological polar surface area (TPSA) is 50.9 Å². The van der Waals surface area contributed by atoms with Gasteiger partial charge in [-0.15, -0.1) is 0 Å². The number of nitrogens with zero attached hydrogens (tertiary/aromatic N) is 3. The van der Waals surface area contributed by atoms with Crippen LogP contribution in [0.3, 0.4) is 0 Å². The molecule has 0 radical (unpaired) electrons. The van der Waals surface area contributed by atoms with Crippen LogP contribution in [0.2, 0.25) is 0 Å². The van der Waals surface area contributed by atoms with E-state index in [-0.39, 0.29) is 32.8 Å². The van der Waals surface area contributed by atoms with Crippen molar-refractivity contribution < 1.29 is 5.11 Å². The Labute approximate surface area is 388 Å². The molecular weight excluding hydrogens is 791 g/mol. The minimum atomic E-state index is -0.168. The lowest BCUT2D eigenvalue weighted by Crippen LogP contribution is -2.17. The van der Waals surface area contributed by atoms with Crippen molar-refractivity contribution in [3.05, 3.63) is 155 Å². The fourth-order valence-corrected chi connectivity index (χ4v) is 9.03. The van der Waals surface area contributed by atoms with E-state index in [1.54, 1.807) is 0 Å². The lowest BCUT2D eigenvalue weighted by atomic mass is 9.78. The van der Waals surface area contributed by atoms with Gasteiger partial charge in [0.25, 0.3) is 0 Å². The molecule has 0 saturated carbocycles. The third-order valence-corrected chi connectivity index (χ3v) is 13.1. The zero-order valence-corrected chi connectivity index (χ0v) is 41.8. The number of benzene rings is 6. The van der Waals surface area contributed by atoms with Crippen molar-refractivity contribution in [2.24, 2.45) is 0 Å². The molecule has 2 heterocycles. The SMILES string of the molecule is Cc1ccnc(-c2cccc(-c3cc(C(C)(C)C)cc4c3nc(-c3ccc(-c5c(C(C)(C)C)ccc6cc(C(C)(C)C)ccc56)cc3O)n4-c3cc(C(C)(C)C)cc(C(C)(C)C)c3)c2)c1. The molecule has 1 N–H and O–H groups in total. The summed E-state index contributed by atoms with van der Waals surface area (Å²) < 4.78 is 2.31. The van der Waals surface area contributed by atoms with Crippen LogP contribution in [0, 0.1) is 6.92 Å². The molecule has 6 aromatic carbocycles. The first-order valence-electron chi connectivity index (χ1n) is 23.4. The average Bonchev–Trinajstić information content (AvgIpc) is 3.60. The van der Waals surface area contributed by atoms with Crippen molar-refractivity contribution in [1.82, 2.24) is 14.5 Å². The van der Waals surface area contributed by atoms with Crippen LogP contribution in [-0.2, 0) is 27.1 Å². The average molecular weight is 860 g/mol. The zero-order chi connectivity index (χ0) is 47.2. The maximum absolute atomic E-state index is 12.6. The third kappa shape index (κ3) is 8.89. The Morgan fingerprint density at radius 3 is 1.72 bits per heavy atom. The number of rotatable bonds is 5. The molecule has 8 rings (SSSR count). The van der Waals surface area contributed by atoms with Crippen molar-refractivity contribution in [2.45, 2.75) is 138 Å². The van der Waals surface area contributed by atoms with E-state index in [0.29, 0.717) is 11.4 Å². The van der Waals surface area contributed by atoms with Gasteiger partial charge in [-0.25, -0.2) is 4.98 Å². The van der Waals surface area contributed by atoms with Crippen molar-refractivity contribution >= 4 is 21.8 Å². The molecule has 0 aliphatic rings. The summed E-state index contributed by atoms with van der Waals surface area (Å²) in [7, 11) is 0. The number of hydrogen-bond donors (Lipinski definition) is 1. The van der Waals surface area contributed by atoms with E-state index in [2.05, 4.69) is 218 Å². The second-order valence-electron chi connectivity index (χ2n) is 23.6. The first kappa shape index (κ1) is 45.6. The summed E-state index contributed by atoms with van der Waals surface area (Å²) in [4.78, 5) is 10.4. The molecule has 4 nitrogen and oxygen atoms in total. The van der Waals surface area contributed by atoms with Crippen LogP contribution in [0.25, 0.3) is 72.4 Å². The highest BCUT2D eigenvalue weighted by atomic mass is 16.3. The number of phenols is 1. The van der Waals surface area contributed by atoms with E-state index in [1.165, 1.54) is 44.2 Å². The minimum absolute atomic E-state index is 0.0248. The number of aromatic nitrogens is 3. The van der Waals surface area contributed by atoms with Gasteiger partial charge < -0.3 is 5.11 Å². The molecule has 0 fully saturated rings. The number of imidazole rings is 1. The zero-order valence-electron chi connectivity index (χ0n) is 41.8. The predicted molar refractivity (Wildman–Crippen MR) is 278 cm³/mol. The summed E-state index contributed by atoms with van der Waals surface area (Å²) in [5.74, 6) is 0.887. The van der Waals surface area contributed by atoms with Gasteiger partial charge >= 0.3 is 0 Å². The third-order valence-electron chi connectivity index (χ3n) is 13.1. The summed E-state index contributed by atoms with van der Waals surface area (Å²) in [5.41, 5.74) is 16.7. The molecule has 334 valence electrons. The Morgan fingerprint density at radius 1 is 0.492 bits per heavy atom. The van der Waals surface area contributed by atoms with E-state index in [4.69, 9.17) is 9.97 Å². The number of phenolic OH excluding ortho intramolecular Hbond substituents is 1. The molecule has 0 aliphatic carbocycles. The van der Waals surface area contributed by atoms with E-state index >= 15 is 0 Å². The monoisotopic (exact) mass is 860 g/mol. The van der Waals surface area contributed by atoms with Crippen LogP contribution >= 0.6 is 0 Å². The highest BCUT2D eigenvalue weighted by molar-refractivity contribution is 6.01. The summed E-state index contributed by atoms with van der Waals surface area (Å²) in [6, 6.07) is 42.2. The highest BCUT2D eigenvalue weighted by Gasteiger charge is 2.28. The summed E-state index contributed by atoms with van der Waals surface area (Å²) in [5, 5.41) is 15.0. The lowest BCUT2D eigenvalue weighted by Gasteiger charge is -2.27. The molecule has 0 bridgehead atoms. The molecular formula is C61H69N3O. The first-order chi connectivity index (χ1) is 30.2. The van der Waals surface area contributed by atoms with E-state index < -0.39 is 0 Å². The molecule has 4 heteroatoms. The predicted octanol–water partition coefficient (Wildman–Crippen LogP) is 16.7. The van der Waals surface area contributed by atoms with Crippen LogP contribution in [0.1, 0.15) is 137 Å². The van der Waals surface area contributed by atoms with Crippen LogP contribution in [0.4, 0.5) is 0 Å². The van der Waals surface area contributed by atoms with Crippen LogP contribution in [0.5, 0.6) is 5.75 Å². The highest BCUT2D eigenvalue weighted by Crippen LogP contribution is 2.45. The summed E-state index contributed by atoms with van der Waals surface area (Å²) in [6.45, 7) is 36.2. The van der Waals surface area contributed by atoms with Gasteiger partial charge in [0.2, 0.25) is 0 Å². The maximum Gasteiger partial charge on any atom is 0.149 e. The van der Waals surface area contributed by atoms with Gasteiger partial charge in [-0.2, -0.15) is 0 Å². The number of pyridine rings is 1. The fourth-order valence-electron chi connectivity index (χ4n) is 9.03. The minimum Gasteiger partial charge on any atom is -0.507 e. The molecule has 0 unspecified atom stereocenters. The Bertz CT molecular complexity index is 3090. The van der Waals surface area contributed by atoms with Crippen LogP contribution < -0.4 is 0 Å². The van der Waals surface area contributed by atoms with Crippen LogP contribution in [0.15, 0.2) is 121 Å². The molecule has 0 amide bonds. The van der Waals surface area contributed by atoms with Crippen molar-refractivity contribution in [2.75, 3.05) is 0 Å². The Balaban J connectivity index is 1.45. The standard InChI is InChI=1S/C61H69N3O/c1-37-26-27-62-51(28-37)40-19-17-18-38(29-40)49-35-45(60(11,12)13)36-52-55(49)63-56(64(52)46-33-43(58(5,6)7)32-44(34-46)59(8,9)10)48-23-20-41(31-53(48)65)54-47-24-22-42(57(2,3)4)30-39(47)21-25-50(54)61(14,15)16/h17-36,65H,1-16H3. The molecule has 0 atom stereocenters. The maximum atomic E-state index is 12.6. The normalized spacial score (nSPS) is 13.0. The molecule has 0 aliphatic heterocycles. The quantitative estimate of drug-likeness (QED) is 0.188. The lowest BCUT2D eigenvalue weighted by molar-refractivity contribution is 0.477. The molecule has 65 heavy (non-hydrogen) atoms. The van der Waals surface area contributed by atoms with Gasteiger partial charge in [0, 0.05) is 23.0 Å². The largest absolute Gasteiger partial charge is 0.507 e. The Hall–Kier alpha value is -6.00. The smallest absolute Gasteiger partial charge is 0.149 e. The Morgan fingerprint density at radius 2 is 1.12 bits per heavy atom. The molecule has 8 aromatic rings. The van der Waals surface area contributed by atoms with Gasteiger partial charge in [-0.3, -0.25) is 9.55 Å². The molecule has 2 aromatic heterocycles. The summed E-state index contributed by atoms with van der Waals surface area (Å²) in [6.07, 6.45) is 1.88. The van der Waals surface area contributed by atoms with E-state index in [0.717, 1.165) is 50.2 Å². The van der Waals surface area contributed by atoms with Crippen molar-refractivity contribution in [3.8, 4) is 56.3 Å². The Kier molecular flexibility index (Phi) is 11.1. The number of aromatic hydroxyl groups is 1. The number of aryl methyl sites for hydroxylation is 1. The summed E-state index contributed by atoms with van der Waals surface area (Å²) >= 11 is 0. The molecule has 0 spiro atoms. The number of hydrogen-bond acceptors (Lipinski definition) is 3. The first-order valence-corrected chi connectivity index (χ1v) is 23.4.